The second-order valence-electron chi connectivity index (χ2n) is 5.39. The van der Waals surface area contributed by atoms with Crippen LogP contribution in [0.1, 0.15) is 36.7 Å². The maximum Gasteiger partial charge on any atom is 0.271 e. The summed E-state index contributed by atoms with van der Waals surface area (Å²) in [5.74, 6) is 1.14. The van der Waals surface area contributed by atoms with Crippen LogP contribution in [0.2, 0.25) is 0 Å². The standard InChI is InChI=1S/C20H24N2O5/c1-4-25-17-10-8-15(12-19(17)27-6-3)20(24)22-21-13-14-7-9-16(23)18(11-14)26-5-2/h7-13,23H,4-6H2,1-3H3,(H,22,24)/b21-13+. The van der Waals surface area contributed by atoms with Crippen molar-refractivity contribution in [1.82, 2.24) is 5.43 Å². The fourth-order valence-corrected chi connectivity index (χ4v) is 2.30. The number of ether oxygens (including phenoxy) is 3. The number of phenols is 1. The van der Waals surface area contributed by atoms with Crippen LogP contribution < -0.4 is 19.6 Å². The number of phenolic OH excluding ortho intramolecular Hbond substituents is 1. The molecule has 144 valence electrons. The van der Waals surface area contributed by atoms with E-state index in [-0.39, 0.29) is 11.7 Å². The van der Waals surface area contributed by atoms with Crippen molar-refractivity contribution in [1.29, 1.82) is 0 Å². The zero-order valence-corrected chi connectivity index (χ0v) is 15.7. The fraction of sp³-hybridized carbons (Fsp3) is 0.300. The van der Waals surface area contributed by atoms with Gasteiger partial charge in [0.1, 0.15) is 0 Å². The molecule has 0 saturated heterocycles. The first-order valence-corrected chi connectivity index (χ1v) is 8.77. The summed E-state index contributed by atoms with van der Waals surface area (Å²) in [6, 6.07) is 9.77. The van der Waals surface area contributed by atoms with Gasteiger partial charge in [-0.1, -0.05) is 0 Å². The van der Waals surface area contributed by atoms with Crippen LogP contribution in [0, 0.1) is 0 Å². The number of nitrogens with one attached hydrogen (secondary N) is 1. The van der Waals surface area contributed by atoms with Crippen molar-refractivity contribution in [2.45, 2.75) is 20.8 Å². The van der Waals surface area contributed by atoms with Crippen molar-refractivity contribution in [2.24, 2.45) is 5.10 Å². The largest absolute Gasteiger partial charge is 0.504 e. The minimum atomic E-state index is -0.376. The van der Waals surface area contributed by atoms with E-state index in [9.17, 15) is 9.90 Å². The highest BCUT2D eigenvalue weighted by molar-refractivity contribution is 5.95. The smallest absolute Gasteiger partial charge is 0.271 e. The Kier molecular flexibility index (Phi) is 7.49. The van der Waals surface area contributed by atoms with Crippen molar-refractivity contribution >= 4 is 12.1 Å². The Balaban J connectivity index is 2.07. The Labute approximate surface area is 158 Å². The molecule has 0 atom stereocenters. The van der Waals surface area contributed by atoms with E-state index in [4.69, 9.17) is 14.2 Å². The van der Waals surface area contributed by atoms with Crippen molar-refractivity contribution in [2.75, 3.05) is 19.8 Å². The maximum absolute atomic E-state index is 12.3. The van der Waals surface area contributed by atoms with E-state index in [2.05, 4.69) is 10.5 Å². The van der Waals surface area contributed by atoms with E-state index in [1.807, 2.05) is 20.8 Å². The molecule has 0 saturated carbocycles. The van der Waals surface area contributed by atoms with Gasteiger partial charge in [0.15, 0.2) is 23.0 Å². The molecule has 0 heterocycles. The Hall–Kier alpha value is -3.22. The van der Waals surface area contributed by atoms with Gasteiger partial charge in [-0.25, -0.2) is 5.43 Å². The number of carbonyl (C=O) groups excluding carboxylic acids is 1. The molecule has 0 spiro atoms. The predicted octanol–water partition coefficient (Wildman–Crippen LogP) is 3.35. The number of carbonyl (C=O) groups is 1. The topological polar surface area (TPSA) is 89.4 Å². The summed E-state index contributed by atoms with van der Waals surface area (Å²) >= 11 is 0. The summed E-state index contributed by atoms with van der Waals surface area (Å²) in [6.07, 6.45) is 1.47. The van der Waals surface area contributed by atoms with Crippen LogP contribution in [0.15, 0.2) is 41.5 Å². The van der Waals surface area contributed by atoms with Crippen molar-refractivity contribution < 1.29 is 24.1 Å². The Morgan fingerprint density at radius 2 is 1.63 bits per heavy atom. The van der Waals surface area contributed by atoms with E-state index in [0.29, 0.717) is 48.2 Å². The molecule has 0 fully saturated rings. The summed E-state index contributed by atoms with van der Waals surface area (Å²) in [5, 5.41) is 13.6. The zero-order chi connectivity index (χ0) is 19.6. The molecule has 2 rings (SSSR count). The van der Waals surface area contributed by atoms with Crippen LogP contribution in [-0.4, -0.2) is 37.0 Å². The Morgan fingerprint density at radius 3 is 2.33 bits per heavy atom. The van der Waals surface area contributed by atoms with E-state index in [1.54, 1.807) is 30.3 Å². The van der Waals surface area contributed by atoms with Crippen LogP contribution in [-0.2, 0) is 0 Å². The normalized spacial score (nSPS) is 10.6. The van der Waals surface area contributed by atoms with Gasteiger partial charge in [-0.15, -0.1) is 0 Å². The highest BCUT2D eigenvalue weighted by atomic mass is 16.5. The van der Waals surface area contributed by atoms with Crippen molar-refractivity contribution in [3.63, 3.8) is 0 Å². The first-order valence-electron chi connectivity index (χ1n) is 8.77. The van der Waals surface area contributed by atoms with Crippen molar-refractivity contribution in [3.05, 3.63) is 47.5 Å². The lowest BCUT2D eigenvalue weighted by Gasteiger charge is -2.11. The Morgan fingerprint density at radius 1 is 0.963 bits per heavy atom. The highest BCUT2D eigenvalue weighted by Gasteiger charge is 2.11. The maximum atomic E-state index is 12.3. The number of hydrogen-bond acceptors (Lipinski definition) is 6. The monoisotopic (exact) mass is 372 g/mol. The van der Waals surface area contributed by atoms with Gasteiger partial charge in [-0.2, -0.15) is 5.10 Å². The van der Waals surface area contributed by atoms with Gasteiger partial charge in [0, 0.05) is 5.56 Å². The molecule has 2 N–H and O–H groups in total. The number of hydrazone groups is 1. The van der Waals surface area contributed by atoms with E-state index in [1.165, 1.54) is 12.3 Å². The molecule has 0 aliphatic carbocycles. The molecule has 0 bridgehead atoms. The van der Waals surface area contributed by atoms with Gasteiger partial charge in [0.25, 0.3) is 5.91 Å². The van der Waals surface area contributed by atoms with E-state index < -0.39 is 0 Å². The molecule has 7 nitrogen and oxygen atoms in total. The van der Waals surface area contributed by atoms with E-state index >= 15 is 0 Å². The summed E-state index contributed by atoms with van der Waals surface area (Å²) in [7, 11) is 0. The minimum Gasteiger partial charge on any atom is -0.504 e. The summed E-state index contributed by atoms with van der Waals surface area (Å²) in [4.78, 5) is 12.3. The van der Waals surface area contributed by atoms with Gasteiger partial charge >= 0.3 is 0 Å². The van der Waals surface area contributed by atoms with Crippen LogP contribution in [0.4, 0.5) is 0 Å². The number of benzene rings is 2. The lowest BCUT2D eigenvalue weighted by Crippen LogP contribution is -2.17. The van der Waals surface area contributed by atoms with Gasteiger partial charge in [-0.05, 0) is 62.7 Å². The summed E-state index contributed by atoms with van der Waals surface area (Å²) < 4.78 is 16.3. The van der Waals surface area contributed by atoms with Crippen LogP contribution in [0.5, 0.6) is 23.0 Å². The predicted molar refractivity (Wildman–Crippen MR) is 103 cm³/mol. The lowest BCUT2D eigenvalue weighted by atomic mass is 10.2. The third kappa shape index (κ3) is 5.64. The first kappa shape index (κ1) is 20.1. The lowest BCUT2D eigenvalue weighted by molar-refractivity contribution is 0.0954. The highest BCUT2D eigenvalue weighted by Crippen LogP contribution is 2.28. The van der Waals surface area contributed by atoms with Gasteiger partial charge in [0.05, 0.1) is 26.0 Å². The molecule has 0 aromatic heterocycles. The van der Waals surface area contributed by atoms with E-state index in [0.717, 1.165) is 0 Å². The first-order chi connectivity index (χ1) is 13.1. The molecule has 0 unspecified atom stereocenters. The third-order valence-corrected chi connectivity index (χ3v) is 3.47. The molecule has 0 aliphatic rings. The van der Waals surface area contributed by atoms with Crippen LogP contribution in [0.3, 0.4) is 0 Å². The van der Waals surface area contributed by atoms with Gasteiger partial charge in [0.2, 0.25) is 0 Å². The number of aromatic hydroxyl groups is 1. The SMILES string of the molecule is CCOc1cc(/C=N/NC(=O)c2ccc(OCC)c(OCC)c2)ccc1O. The molecule has 0 radical (unpaired) electrons. The third-order valence-electron chi connectivity index (χ3n) is 3.47. The van der Waals surface area contributed by atoms with Crippen LogP contribution >= 0.6 is 0 Å². The fourth-order valence-electron chi connectivity index (χ4n) is 2.30. The molecule has 7 heteroatoms. The van der Waals surface area contributed by atoms with Crippen molar-refractivity contribution in [3.8, 4) is 23.0 Å². The van der Waals surface area contributed by atoms with Gasteiger partial charge in [-0.3, -0.25) is 4.79 Å². The molecule has 0 aliphatic heterocycles. The van der Waals surface area contributed by atoms with Crippen LogP contribution in [0.25, 0.3) is 0 Å². The molecule has 2 aromatic rings. The average Bonchev–Trinajstić information content (AvgIpc) is 2.66. The molecule has 27 heavy (non-hydrogen) atoms. The second-order valence-corrected chi connectivity index (χ2v) is 5.39. The number of rotatable bonds is 9. The summed E-state index contributed by atoms with van der Waals surface area (Å²) in [6.45, 7) is 6.98. The average molecular weight is 372 g/mol. The molecule has 1 amide bonds. The Bertz CT molecular complexity index is 805. The number of hydrogen-bond donors (Lipinski definition) is 2. The zero-order valence-electron chi connectivity index (χ0n) is 15.7. The quantitative estimate of drug-likeness (QED) is 0.520. The summed E-state index contributed by atoms with van der Waals surface area (Å²) in [5.41, 5.74) is 3.55. The molecule has 2 aromatic carbocycles. The van der Waals surface area contributed by atoms with Gasteiger partial charge < -0.3 is 19.3 Å². The number of amides is 1. The molecular formula is C20H24N2O5. The number of nitrogens with zero attached hydrogens (tertiary/aromatic N) is 1. The second kappa shape index (κ2) is 10.1. The minimum absolute atomic E-state index is 0.0517. The molecular weight excluding hydrogens is 348 g/mol.